The third kappa shape index (κ3) is 5.16. The van der Waals surface area contributed by atoms with Crippen LogP contribution in [0.5, 0.6) is 0 Å². The Hall–Kier alpha value is -0.650. The summed E-state index contributed by atoms with van der Waals surface area (Å²) in [6.45, 7) is 3.39. The van der Waals surface area contributed by atoms with Crippen molar-refractivity contribution in [2.24, 2.45) is 0 Å². The number of aliphatic hydroxyl groups excluding tert-OH is 2. The molecule has 0 saturated carbocycles. The third-order valence-electron chi connectivity index (χ3n) is 1.72. The summed E-state index contributed by atoms with van der Waals surface area (Å²) in [5.74, 6) is -0.330. The van der Waals surface area contributed by atoms with Gasteiger partial charge in [-0.1, -0.05) is 6.92 Å². The fourth-order valence-electron chi connectivity index (χ4n) is 0.811. The Morgan fingerprint density at radius 1 is 1.43 bits per heavy atom. The minimum Gasteiger partial charge on any atom is -0.394 e. The molecule has 0 saturated heterocycles. The van der Waals surface area contributed by atoms with Crippen LogP contribution in [-0.2, 0) is 9.53 Å². The van der Waals surface area contributed by atoms with Crippen LogP contribution in [0.3, 0.4) is 0 Å². The van der Waals surface area contributed by atoms with Crippen LogP contribution in [0.4, 0.5) is 0 Å². The van der Waals surface area contributed by atoms with Gasteiger partial charge in [-0.05, 0) is 13.3 Å². The van der Waals surface area contributed by atoms with Gasteiger partial charge in [-0.2, -0.15) is 0 Å². The first-order valence-electron chi connectivity index (χ1n) is 4.68. The Morgan fingerprint density at radius 2 is 2.00 bits per heavy atom. The molecule has 0 atom stereocenters. The van der Waals surface area contributed by atoms with E-state index in [2.05, 4.69) is 5.32 Å². The second-order valence-corrected chi connectivity index (χ2v) is 3.48. The van der Waals surface area contributed by atoms with E-state index in [0.29, 0.717) is 6.61 Å². The Bertz CT molecular complexity index is 168. The number of hydrogen-bond acceptors (Lipinski definition) is 4. The molecule has 0 bridgehead atoms. The highest BCUT2D eigenvalue weighted by Gasteiger charge is 2.24. The van der Waals surface area contributed by atoms with E-state index in [-0.39, 0.29) is 25.7 Å². The summed E-state index contributed by atoms with van der Waals surface area (Å²) in [6.07, 6.45) is 0.852. The summed E-state index contributed by atoms with van der Waals surface area (Å²) < 4.78 is 5.00. The highest BCUT2D eigenvalue weighted by Crippen LogP contribution is 2.00. The zero-order chi connectivity index (χ0) is 11.0. The van der Waals surface area contributed by atoms with Crippen LogP contribution in [0, 0.1) is 0 Å². The van der Waals surface area contributed by atoms with Gasteiger partial charge in [-0.25, -0.2) is 0 Å². The molecule has 0 radical (unpaired) electrons. The van der Waals surface area contributed by atoms with E-state index in [9.17, 15) is 4.79 Å². The average molecular weight is 205 g/mol. The predicted molar refractivity (Wildman–Crippen MR) is 51.8 cm³/mol. The number of aliphatic hydroxyl groups is 2. The number of carbonyl (C=O) groups is 1. The molecule has 0 aliphatic carbocycles. The van der Waals surface area contributed by atoms with E-state index >= 15 is 0 Å². The molecule has 5 nitrogen and oxygen atoms in total. The summed E-state index contributed by atoms with van der Waals surface area (Å²) >= 11 is 0. The first-order valence-corrected chi connectivity index (χ1v) is 4.68. The molecule has 3 N–H and O–H groups in total. The Morgan fingerprint density at radius 3 is 2.43 bits per heavy atom. The fraction of sp³-hybridized carbons (Fsp3) is 0.889. The number of rotatable bonds is 7. The van der Waals surface area contributed by atoms with E-state index < -0.39 is 5.54 Å². The summed E-state index contributed by atoms with van der Waals surface area (Å²) in [6, 6.07) is 0. The van der Waals surface area contributed by atoms with Crippen LogP contribution >= 0.6 is 0 Å². The molecule has 0 aromatic carbocycles. The van der Waals surface area contributed by atoms with Crippen molar-refractivity contribution < 1.29 is 19.7 Å². The molecule has 84 valence electrons. The highest BCUT2D eigenvalue weighted by atomic mass is 16.5. The van der Waals surface area contributed by atoms with Gasteiger partial charge in [0, 0.05) is 6.61 Å². The molecule has 0 unspecified atom stereocenters. The topological polar surface area (TPSA) is 78.8 Å². The van der Waals surface area contributed by atoms with Crippen molar-refractivity contribution in [3.05, 3.63) is 0 Å². The van der Waals surface area contributed by atoms with Gasteiger partial charge in [-0.3, -0.25) is 4.79 Å². The first kappa shape index (κ1) is 13.4. The molecule has 0 aromatic heterocycles. The third-order valence-corrected chi connectivity index (χ3v) is 1.72. The molecule has 14 heavy (non-hydrogen) atoms. The van der Waals surface area contributed by atoms with Crippen LogP contribution in [0.1, 0.15) is 20.3 Å². The van der Waals surface area contributed by atoms with E-state index in [4.69, 9.17) is 14.9 Å². The number of amides is 1. The van der Waals surface area contributed by atoms with Crippen molar-refractivity contribution >= 4 is 5.91 Å². The molecular weight excluding hydrogens is 186 g/mol. The van der Waals surface area contributed by atoms with Crippen molar-refractivity contribution in [2.45, 2.75) is 25.8 Å². The van der Waals surface area contributed by atoms with Crippen LogP contribution in [0.25, 0.3) is 0 Å². The molecule has 0 spiro atoms. The average Bonchev–Trinajstić information content (AvgIpc) is 2.18. The smallest absolute Gasteiger partial charge is 0.246 e. The monoisotopic (exact) mass is 205 g/mol. The normalized spacial score (nSPS) is 11.4. The second kappa shape index (κ2) is 6.75. The second-order valence-electron chi connectivity index (χ2n) is 3.48. The number of carbonyl (C=O) groups excluding carboxylic acids is 1. The van der Waals surface area contributed by atoms with Crippen LogP contribution in [0.15, 0.2) is 0 Å². The molecule has 0 rings (SSSR count). The number of ether oxygens (including phenoxy) is 1. The van der Waals surface area contributed by atoms with Gasteiger partial charge in [-0.15, -0.1) is 0 Å². The van der Waals surface area contributed by atoms with E-state index in [1.807, 2.05) is 6.92 Å². The van der Waals surface area contributed by atoms with Gasteiger partial charge < -0.3 is 20.3 Å². The Labute approximate surface area is 84.1 Å². The summed E-state index contributed by atoms with van der Waals surface area (Å²) in [5, 5.41) is 20.3. The SMILES string of the molecule is CCCOCC(=O)NC(C)(CO)CO. The Kier molecular flexibility index (Phi) is 6.44. The number of nitrogens with one attached hydrogen (secondary N) is 1. The summed E-state index contributed by atoms with van der Waals surface area (Å²) in [4.78, 5) is 11.2. The van der Waals surface area contributed by atoms with Crippen molar-refractivity contribution in [2.75, 3.05) is 26.4 Å². The van der Waals surface area contributed by atoms with Crippen molar-refractivity contribution in [1.29, 1.82) is 0 Å². The van der Waals surface area contributed by atoms with Gasteiger partial charge in [0.25, 0.3) is 0 Å². The molecule has 0 aliphatic heterocycles. The van der Waals surface area contributed by atoms with Gasteiger partial charge in [0.15, 0.2) is 0 Å². The van der Waals surface area contributed by atoms with Gasteiger partial charge in [0.1, 0.15) is 6.61 Å². The van der Waals surface area contributed by atoms with E-state index in [1.165, 1.54) is 0 Å². The lowest BCUT2D eigenvalue weighted by molar-refractivity contribution is -0.128. The zero-order valence-electron chi connectivity index (χ0n) is 8.75. The Balaban J connectivity index is 3.80. The molecule has 0 fully saturated rings. The van der Waals surface area contributed by atoms with E-state index in [1.54, 1.807) is 6.92 Å². The largest absolute Gasteiger partial charge is 0.394 e. The van der Waals surface area contributed by atoms with E-state index in [0.717, 1.165) is 6.42 Å². The van der Waals surface area contributed by atoms with Gasteiger partial charge >= 0.3 is 0 Å². The highest BCUT2D eigenvalue weighted by molar-refractivity contribution is 5.78. The van der Waals surface area contributed by atoms with Gasteiger partial charge in [0.2, 0.25) is 5.91 Å². The first-order chi connectivity index (χ1) is 6.58. The van der Waals surface area contributed by atoms with Crippen molar-refractivity contribution in [3.8, 4) is 0 Å². The maximum atomic E-state index is 11.2. The minimum absolute atomic E-state index is 0.0383. The molecule has 0 aromatic rings. The molecule has 1 amide bonds. The summed E-state index contributed by atoms with van der Waals surface area (Å²) in [7, 11) is 0. The lowest BCUT2D eigenvalue weighted by atomic mass is 10.1. The van der Waals surface area contributed by atoms with Crippen LogP contribution < -0.4 is 5.32 Å². The maximum absolute atomic E-state index is 11.2. The zero-order valence-corrected chi connectivity index (χ0v) is 8.75. The predicted octanol–water partition coefficient (Wildman–Crippen LogP) is -0.727. The number of hydrogen-bond donors (Lipinski definition) is 3. The fourth-order valence-corrected chi connectivity index (χ4v) is 0.811. The molecule has 0 heterocycles. The standard InChI is InChI=1S/C9H19NO4/c1-3-4-14-5-8(13)10-9(2,6-11)7-12/h11-12H,3-7H2,1-2H3,(H,10,13). The molecule has 5 heteroatoms. The van der Waals surface area contributed by atoms with Crippen molar-refractivity contribution in [1.82, 2.24) is 5.32 Å². The van der Waals surface area contributed by atoms with Crippen LogP contribution in [0.2, 0.25) is 0 Å². The molecule has 0 aliphatic rings. The lowest BCUT2D eigenvalue weighted by Crippen LogP contribution is -2.52. The molecular formula is C9H19NO4. The lowest BCUT2D eigenvalue weighted by Gasteiger charge is -2.25. The summed E-state index contributed by atoms with van der Waals surface area (Å²) in [5.41, 5.74) is -0.966. The van der Waals surface area contributed by atoms with Gasteiger partial charge in [0.05, 0.1) is 18.8 Å². The van der Waals surface area contributed by atoms with Crippen molar-refractivity contribution in [3.63, 3.8) is 0 Å². The quantitative estimate of drug-likeness (QED) is 0.479. The maximum Gasteiger partial charge on any atom is 0.246 e. The van der Waals surface area contributed by atoms with Crippen LogP contribution in [-0.4, -0.2) is 48.1 Å². The minimum atomic E-state index is -0.966.